The molecule has 3 heterocycles. The first-order valence-corrected chi connectivity index (χ1v) is 13.3. The number of carbonyl (C=O) groups excluding carboxylic acids is 1. The van der Waals surface area contributed by atoms with Crippen LogP contribution in [0.2, 0.25) is 0 Å². The number of nitrogens with zero attached hydrogens (tertiary/aromatic N) is 3. The molecule has 39 heavy (non-hydrogen) atoms. The number of imidazole rings is 1. The van der Waals surface area contributed by atoms with Crippen molar-refractivity contribution in [3.05, 3.63) is 47.0 Å². The van der Waals surface area contributed by atoms with Gasteiger partial charge in [0, 0.05) is 0 Å². The van der Waals surface area contributed by atoms with Gasteiger partial charge >= 0.3 is 13.7 Å². The van der Waals surface area contributed by atoms with Crippen molar-refractivity contribution in [2.45, 2.75) is 57.2 Å². The average Bonchev–Trinajstić information content (AvgIpc) is 3.38. The Labute approximate surface area is 220 Å². The second kappa shape index (κ2) is 11.0. The fourth-order valence-electron chi connectivity index (χ4n) is 3.73. The minimum Gasteiger partial charge on any atom is -0.462 e. The molecule has 15 nitrogen and oxygen atoms in total. The molecule has 6 N–H and O–H groups in total. The third-order valence-corrected chi connectivity index (χ3v) is 7.18. The molecule has 0 unspecified atom stereocenters. The Morgan fingerprint density at radius 1 is 1.33 bits per heavy atom. The van der Waals surface area contributed by atoms with E-state index in [1.807, 2.05) is 0 Å². The largest absolute Gasteiger partial charge is 0.462 e. The number of carbonyl (C=O) groups is 1. The lowest BCUT2D eigenvalue weighted by atomic mass is 10.1. The molecule has 1 aliphatic heterocycles. The highest BCUT2D eigenvalue weighted by atomic mass is 31.2. The molecule has 0 aliphatic carbocycles. The number of aromatic amines is 1. The van der Waals surface area contributed by atoms with Crippen LogP contribution in [0.4, 0.5) is 10.3 Å². The molecule has 0 radical (unpaired) electrons. The highest BCUT2D eigenvalue weighted by molar-refractivity contribution is 7.52. The van der Waals surface area contributed by atoms with Crippen LogP contribution in [0, 0.1) is 0 Å². The summed E-state index contributed by atoms with van der Waals surface area (Å²) in [5.41, 5.74) is 4.57. The lowest BCUT2D eigenvalue weighted by Crippen LogP contribution is -2.44. The summed E-state index contributed by atoms with van der Waals surface area (Å²) in [6, 6.07) is 6.53. The first kappa shape index (κ1) is 28.6. The van der Waals surface area contributed by atoms with Crippen LogP contribution in [0.5, 0.6) is 5.75 Å². The molecule has 4 rings (SSSR count). The molecule has 3 aromatic rings. The molecule has 0 amide bonds. The van der Waals surface area contributed by atoms with Crippen LogP contribution >= 0.6 is 7.75 Å². The number of aliphatic hydroxyl groups is 2. The zero-order valence-electron chi connectivity index (χ0n) is 21.1. The van der Waals surface area contributed by atoms with Gasteiger partial charge in [-0.05, 0) is 32.9 Å². The molecule has 1 saturated heterocycles. The Kier molecular flexibility index (Phi) is 8.07. The summed E-state index contributed by atoms with van der Waals surface area (Å²) in [4.78, 5) is 34.4. The number of ether oxygens (including phenoxy) is 2. The van der Waals surface area contributed by atoms with Gasteiger partial charge in [-0.2, -0.15) is 10.1 Å². The SMILES string of the molecule is CC(C)OC(=O)[C@@H](C)N[P@@](=O)(OC[C@@]1(F)O[C@@H](n2cnc3c(=O)[nH]c(N)nc32)[C@H](O)[C@@H]1O)Oc1ccccc1. The van der Waals surface area contributed by atoms with Gasteiger partial charge in [-0.15, -0.1) is 0 Å². The van der Waals surface area contributed by atoms with E-state index in [1.165, 1.54) is 19.1 Å². The lowest BCUT2D eigenvalue weighted by molar-refractivity contribution is -0.202. The number of halogens is 1. The molecule has 0 spiro atoms. The zero-order chi connectivity index (χ0) is 28.5. The lowest BCUT2D eigenvalue weighted by Gasteiger charge is -2.27. The van der Waals surface area contributed by atoms with Gasteiger partial charge in [-0.3, -0.25) is 23.7 Å². The van der Waals surface area contributed by atoms with Gasteiger partial charge < -0.3 is 29.9 Å². The molecule has 1 aromatic carbocycles. The molecule has 1 fully saturated rings. The van der Waals surface area contributed by atoms with E-state index in [0.29, 0.717) is 0 Å². The van der Waals surface area contributed by atoms with Crippen molar-refractivity contribution in [3.8, 4) is 5.75 Å². The Morgan fingerprint density at radius 2 is 2.03 bits per heavy atom. The van der Waals surface area contributed by atoms with E-state index in [2.05, 4.69) is 20.0 Å². The fraction of sp³-hybridized carbons (Fsp3) is 0.455. The van der Waals surface area contributed by atoms with E-state index in [1.54, 1.807) is 32.0 Å². The number of hydrogen-bond acceptors (Lipinski definition) is 12. The number of hydrogen-bond donors (Lipinski definition) is 5. The summed E-state index contributed by atoms with van der Waals surface area (Å²) in [6.07, 6.45) is -5.17. The van der Waals surface area contributed by atoms with Crippen molar-refractivity contribution >= 4 is 30.8 Å². The average molecular weight is 570 g/mol. The smallest absolute Gasteiger partial charge is 0.459 e. The third-order valence-electron chi connectivity index (χ3n) is 5.56. The number of H-pyrrole nitrogens is 1. The molecule has 212 valence electrons. The van der Waals surface area contributed by atoms with Gasteiger partial charge in [0.1, 0.15) is 30.6 Å². The summed E-state index contributed by atoms with van der Waals surface area (Å²) in [6.45, 7) is 3.37. The monoisotopic (exact) mass is 570 g/mol. The van der Waals surface area contributed by atoms with E-state index >= 15 is 4.39 Å². The number of nitrogen functional groups attached to an aromatic ring is 1. The maximum Gasteiger partial charge on any atom is 0.459 e. The molecule has 0 bridgehead atoms. The predicted octanol–water partition coefficient (Wildman–Crippen LogP) is 0.752. The number of nitrogens with two attached hydrogens (primary N) is 1. The van der Waals surface area contributed by atoms with Crippen LogP contribution in [-0.4, -0.2) is 72.5 Å². The summed E-state index contributed by atoms with van der Waals surface area (Å²) in [5, 5.41) is 23.5. The van der Waals surface area contributed by atoms with Crippen molar-refractivity contribution in [2.75, 3.05) is 12.3 Å². The van der Waals surface area contributed by atoms with Gasteiger partial charge in [0.2, 0.25) is 5.95 Å². The van der Waals surface area contributed by atoms with Crippen LogP contribution in [0.25, 0.3) is 11.2 Å². The number of fused-ring (bicyclic) bond motifs is 1. The molecule has 6 atom stereocenters. The third kappa shape index (κ3) is 6.11. The van der Waals surface area contributed by atoms with Crippen molar-refractivity contribution < 1.29 is 42.5 Å². The van der Waals surface area contributed by atoms with Gasteiger partial charge in [0.05, 0.1) is 12.4 Å². The maximum absolute atomic E-state index is 15.9. The molecule has 1 aliphatic rings. The number of aliphatic hydroxyl groups excluding tert-OH is 2. The van der Waals surface area contributed by atoms with Crippen molar-refractivity contribution in [2.24, 2.45) is 0 Å². The number of rotatable bonds is 10. The summed E-state index contributed by atoms with van der Waals surface area (Å²) in [5.74, 6) is -4.11. The van der Waals surface area contributed by atoms with Crippen LogP contribution in [-0.2, 0) is 23.4 Å². The molecular formula is C22H28FN6O9P. The summed E-state index contributed by atoms with van der Waals surface area (Å²) in [7, 11) is -4.53. The van der Waals surface area contributed by atoms with Crippen LogP contribution in [0.1, 0.15) is 27.0 Å². The molecule has 0 saturated carbocycles. The molecular weight excluding hydrogens is 542 g/mol. The number of aromatic nitrogens is 4. The Hall–Kier alpha value is -3.40. The maximum atomic E-state index is 15.9. The normalized spacial score (nSPS) is 25.5. The quantitative estimate of drug-likeness (QED) is 0.168. The second-order valence-electron chi connectivity index (χ2n) is 9.02. The highest BCUT2D eigenvalue weighted by Gasteiger charge is 2.57. The topological polar surface area (TPSA) is 213 Å². The number of anilines is 1. The van der Waals surface area contributed by atoms with Gasteiger partial charge in [0.25, 0.3) is 11.4 Å². The van der Waals surface area contributed by atoms with Gasteiger partial charge in [-0.1, -0.05) is 18.2 Å². The standard InChI is InChI=1S/C22H28FN6O9P/c1-11(2)36-20(33)12(3)28-39(34,38-13-7-5-4-6-8-13)35-9-22(23)16(31)15(30)19(37-22)29-10-25-14-17(29)26-21(24)27-18(14)32/h4-8,10-12,15-16,19,30-31H,9H2,1-3H3,(H,28,34)(H3,24,26,27,32)/t12-,15-,16+,19-,22-,39-/m1/s1. The number of alkyl halides is 1. The van der Waals surface area contributed by atoms with Crippen LogP contribution in [0.3, 0.4) is 0 Å². The minimum atomic E-state index is -4.53. The van der Waals surface area contributed by atoms with Crippen LogP contribution < -0.4 is 20.9 Å². The van der Waals surface area contributed by atoms with Crippen LogP contribution in [0.15, 0.2) is 41.5 Å². The molecule has 17 heteroatoms. The van der Waals surface area contributed by atoms with E-state index in [9.17, 15) is 24.4 Å². The van der Waals surface area contributed by atoms with E-state index < -0.39 is 62.3 Å². The summed E-state index contributed by atoms with van der Waals surface area (Å²) < 4.78 is 51.7. The second-order valence-corrected chi connectivity index (χ2v) is 10.7. The van der Waals surface area contributed by atoms with E-state index in [-0.39, 0.29) is 22.9 Å². The summed E-state index contributed by atoms with van der Waals surface area (Å²) >= 11 is 0. The fourth-order valence-corrected chi connectivity index (χ4v) is 5.23. The first-order chi connectivity index (χ1) is 18.3. The van der Waals surface area contributed by atoms with Crippen molar-refractivity contribution in [1.29, 1.82) is 0 Å². The number of esters is 1. The van der Waals surface area contributed by atoms with Gasteiger partial charge in [0.15, 0.2) is 17.4 Å². The van der Waals surface area contributed by atoms with Crippen molar-refractivity contribution in [3.63, 3.8) is 0 Å². The number of para-hydroxylation sites is 1. The Bertz CT molecular complexity index is 1440. The Morgan fingerprint density at radius 3 is 2.69 bits per heavy atom. The minimum absolute atomic E-state index is 0.0650. The van der Waals surface area contributed by atoms with Gasteiger partial charge in [-0.25, -0.2) is 13.9 Å². The van der Waals surface area contributed by atoms with Crippen molar-refractivity contribution in [1.82, 2.24) is 24.6 Å². The Balaban J connectivity index is 1.57. The predicted molar refractivity (Wildman–Crippen MR) is 133 cm³/mol. The highest BCUT2D eigenvalue weighted by Crippen LogP contribution is 2.48. The number of benzene rings is 1. The zero-order valence-corrected chi connectivity index (χ0v) is 21.9. The number of nitrogens with one attached hydrogen (secondary N) is 2. The first-order valence-electron chi connectivity index (χ1n) is 11.7. The molecule has 2 aromatic heterocycles. The van der Waals surface area contributed by atoms with E-state index in [0.717, 1.165) is 10.9 Å². The van der Waals surface area contributed by atoms with E-state index in [4.69, 9.17) is 24.3 Å².